The minimum atomic E-state index is -0.489. The van der Waals surface area contributed by atoms with Gasteiger partial charge in [-0.15, -0.1) is 0 Å². The van der Waals surface area contributed by atoms with Crippen LogP contribution in [0.4, 0.5) is 10.6 Å². The lowest BCUT2D eigenvalue weighted by molar-refractivity contribution is -0.00810. The molecule has 1 aliphatic carbocycles. The van der Waals surface area contributed by atoms with Crippen LogP contribution in [0, 0.1) is 0 Å². The molecule has 4 aromatic rings. The second-order valence-electron chi connectivity index (χ2n) is 13.2. The molecule has 45 heavy (non-hydrogen) atoms. The highest BCUT2D eigenvalue weighted by Gasteiger charge is 2.35. The summed E-state index contributed by atoms with van der Waals surface area (Å²) < 4.78 is 19.8. The van der Waals surface area contributed by atoms with Crippen LogP contribution < -0.4 is 15.2 Å². The fourth-order valence-corrected chi connectivity index (χ4v) is 6.75. The third-order valence-electron chi connectivity index (χ3n) is 8.95. The first-order chi connectivity index (χ1) is 21.6. The Balaban J connectivity index is 1.18. The minimum Gasteiger partial charge on any atom is -0.493 e. The van der Waals surface area contributed by atoms with Gasteiger partial charge in [0, 0.05) is 49.5 Å². The van der Waals surface area contributed by atoms with E-state index < -0.39 is 5.60 Å². The molecule has 2 aromatic heterocycles. The molecule has 1 saturated carbocycles. The van der Waals surface area contributed by atoms with Gasteiger partial charge in [0.05, 0.1) is 12.5 Å². The summed E-state index contributed by atoms with van der Waals surface area (Å²) in [4.78, 5) is 26.2. The summed E-state index contributed by atoms with van der Waals surface area (Å²) >= 11 is 0. The van der Waals surface area contributed by atoms with Crippen LogP contribution in [0.15, 0.2) is 61.1 Å². The number of fused-ring (bicyclic) bond motifs is 1. The van der Waals surface area contributed by atoms with Crippen LogP contribution in [0.25, 0.3) is 22.2 Å². The number of methoxy groups -OCH3 is 1. The van der Waals surface area contributed by atoms with E-state index in [-0.39, 0.29) is 12.1 Å². The molecule has 2 aromatic carbocycles. The summed E-state index contributed by atoms with van der Waals surface area (Å²) in [5.74, 6) is 2.48. The molecule has 2 N–H and O–H groups in total. The number of carbonyl (C=O) groups excluding carboxylic acids is 1. The van der Waals surface area contributed by atoms with Crippen LogP contribution in [-0.4, -0.2) is 74.9 Å². The number of nitrogens with zero attached hydrogens (tertiary/aromatic N) is 5. The predicted molar refractivity (Wildman–Crippen MR) is 176 cm³/mol. The summed E-state index contributed by atoms with van der Waals surface area (Å²) in [5, 5.41) is 0.852. The number of aromatic nitrogens is 3. The lowest BCUT2D eigenvalue weighted by atomic mass is 9.89. The van der Waals surface area contributed by atoms with Gasteiger partial charge in [0.2, 0.25) is 0 Å². The SMILES string of the molecule is COc1cc(-c2cn(C3CCC(N4CCN(C(=O)OC(C)(C)C)[C@@H](C)C4)CC3)c3ncnc(N)c23)ccc1Oc1ccccc1. The van der Waals surface area contributed by atoms with E-state index in [1.54, 1.807) is 13.4 Å². The first-order valence-corrected chi connectivity index (χ1v) is 15.9. The number of piperazine rings is 1. The molecule has 6 rings (SSSR count). The Kier molecular flexibility index (Phi) is 8.59. The first-order valence-electron chi connectivity index (χ1n) is 15.9. The molecule has 1 amide bonds. The molecule has 10 heteroatoms. The smallest absolute Gasteiger partial charge is 0.410 e. The van der Waals surface area contributed by atoms with Gasteiger partial charge in [-0.2, -0.15) is 0 Å². The van der Waals surface area contributed by atoms with Crippen molar-refractivity contribution < 1.29 is 19.0 Å². The molecular weight excluding hydrogens is 568 g/mol. The number of ether oxygens (including phenoxy) is 3. The summed E-state index contributed by atoms with van der Waals surface area (Å²) in [6.07, 6.45) is 7.74. The van der Waals surface area contributed by atoms with Crippen molar-refractivity contribution in [3.63, 3.8) is 0 Å². The summed E-state index contributed by atoms with van der Waals surface area (Å²) in [6, 6.07) is 16.5. The quantitative estimate of drug-likeness (QED) is 0.250. The lowest BCUT2D eigenvalue weighted by Gasteiger charge is -2.45. The molecule has 2 fully saturated rings. The summed E-state index contributed by atoms with van der Waals surface area (Å²) in [6.45, 7) is 10.3. The highest BCUT2D eigenvalue weighted by Crippen LogP contribution is 2.42. The number of para-hydroxylation sites is 1. The van der Waals surface area contributed by atoms with Crippen molar-refractivity contribution in [2.24, 2.45) is 0 Å². The van der Waals surface area contributed by atoms with Gasteiger partial charge in [0.15, 0.2) is 11.5 Å². The Morgan fingerprint density at radius 2 is 1.69 bits per heavy atom. The first kappa shape index (κ1) is 30.7. The molecule has 0 spiro atoms. The molecule has 0 radical (unpaired) electrons. The van der Waals surface area contributed by atoms with Gasteiger partial charge in [0.25, 0.3) is 0 Å². The maximum absolute atomic E-state index is 12.7. The van der Waals surface area contributed by atoms with E-state index in [1.165, 1.54) is 0 Å². The molecular formula is C35H44N6O4. The number of nitrogen functional groups attached to an aromatic ring is 1. The van der Waals surface area contributed by atoms with Crippen LogP contribution in [-0.2, 0) is 4.74 Å². The second kappa shape index (κ2) is 12.6. The summed E-state index contributed by atoms with van der Waals surface area (Å²) in [7, 11) is 1.65. The van der Waals surface area contributed by atoms with E-state index in [1.807, 2.05) is 74.2 Å². The third kappa shape index (κ3) is 6.56. The number of nitrogens with two attached hydrogens (primary N) is 1. The average molecular weight is 613 g/mol. The van der Waals surface area contributed by atoms with E-state index in [0.29, 0.717) is 35.9 Å². The topological polar surface area (TPSA) is 108 Å². The van der Waals surface area contributed by atoms with Crippen molar-refractivity contribution in [1.29, 1.82) is 0 Å². The molecule has 3 heterocycles. The van der Waals surface area contributed by atoms with E-state index in [4.69, 9.17) is 24.9 Å². The predicted octanol–water partition coefficient (Wildman–Crippen LogP) is 6.91. The fraction of sp³-hybridized carbons (Fsp3) is 0.457. The molecule has 0 unspecified atom stereocenters. The van der Waals surface area contributed by atoms with Crippen LogP contribution in [0.5, 0.6) is 17.2 Å². The molecule has 0 bridgehead atoms. The lowest BCUT2D eigenvalue weighted by Crippen LogP contribution is -2.57. The zero-order valence-electron chi connectivity index (χ0n) is 26.9. The van der Waals surface area contributed by atoms with E-state index in [0.717, 1.165) is 66.7 Å². The molecule has 1 atom stereocenters. The highest BCUT2D eigenvalue weighted by molar-refractivity contribution is 6.01. The zero-order chi connectivity index (χ0) is 31.7. The second-order valence-corrected chi connectivity index (χ2v) is 13.2. The number of hydrogen-bond acceptors (Lipinski definition) is 8. The van der Waals surface area contributed by atoms with Gasteiger partial charge >= 0.3 is 6.09 Å². The van der Waals surface area contributed by atoms with E-state index >= 15 is 0 Å². The molecule has 2 aliphatic rings. The Labute approximate surface area is 265 Å². The normalized spacial score (nSPS) is 21.1. The largest absolute Gasteiger partial charge is 0.493 e. The highest BCUT2D eigenvalue weighted by atomic mass is 16.6. The van der Waals surface area contributed by atoms with Gasteiger partial charge in [0.1, 0.15) is 29.1 Å². The average Bonchev–Trinajstić information content (AvgIpc) is 3.42. The standard InChI is InChI=1S/C35H44N6O4/c1-23-20-39(17-18-40(23)34(42)45-35(2,3)4)25-12-14-26(15-13-25)41-21-28(31-32(36)37-22-38-33(31)41)24-11-16-29(30(19-24)43-5)44-27-9-7-6-8-10-27/h6-11,16,19,21-23,25-26H,12-15,17-18,20H2,1-5H3,(H2,36,37,38)/t23-,25?,26?/m0/s1. The minimum absolute atomic E-state index is 0.114. The van der Waals surface area contributed by atoms with Crippen molar-refractivity contribution in [3.05, 3.63) is 61.1 Å². The number of anilines is 1. The van der Waals surface area contributed by atoms with Crippen molar-refractivity contribution in [2.75, 3.05) is 32.5 Å². The number of rotatable bonds is 6. The van der Waals surface area contributed by atoms with Gasteiger partial charge < -0.3 is 29.4 Å². The van der Waals surface area contributed by atoms with Gasteiger partial charge in [-0.3, -0.25) is 4.90 Å². The Bertz CT molecular complexity index is 1640. The van der Waals surface area contributed by atoms with Crippen molar-refractivity contribution in [1.82, 2.24) is 24.3 Å². The number of amides is 1. The summed E-state index contributed by atoms with van der Waals surface area (Å²) in [5.41, 5.74) is 8.77. The number of benzene rings is 2. The van der Waals surface area contributed by atoms with Gasteiger partial charge in [-0.05, 0) is 83.2 Å². The van der Waals surface area contributed by atoms with Crippen LogP contribution in [0.1, 0.15) is 59.4 Å². The Morgan fingerprint density at radius 1 is 0.956 bits per heavy atom. The zero-order valence-corrected chi connectivity index (χ0v) is 26.9. The van der Waals surface area contributed by atoms with E-state index in [9.17, 15) is 4.79 Å². The van der Waals surface area contributed by atoms with Gasteiger partial charge in [-0.25, -0.2) is 14.8 Å². The number of hydrogen-bond donors (Lipinski definition) is 1. The fourth-order valence-electron chi connectivity index (χ4n) is 6.75. The van der Waals surface area contributed by atoms with Gasteiger partial charge in [-0.1, -0.05) is 24.3 Å². The molecule has 1 aliphatic heterocycles. The maximum Gasteiger partial charge on any atom is 0.410 e. The van der Waals surface area contributed by atoms with Crippen LogP contribution in [0.3, 0.4) is 0 Å². The maximum atomic E-state index is 12.7. The Morgan fingerprint density at radius 3 is 2.38 bits per heavy atom. The molecule has 1 saturated heterocycles. The van der Waals surface area contributed by atoms with E-state index in [2.05, 4.69) is 27.6 Å². The van der Waals surface area contributed by atoms with Crippen LogP contribution in [0.2, 0.25) is 0 Å². The Hall–Kier alpha value is -4.31. The molecule has 10 nitrogen and oxygen atoms in total. The number of carbonyl (C=O) groups is 1. The monoisotopic (exact) mass is 612 g/mol. The third-order valence-corrected chi connectivity index (χ3v) is 8.95. The van der Waals surface area contributed by atoms with Crippen LogP contribution >= 0.6 is 0 Å². The van der Waals surface area contributed by atoms with Crippen molar-refractivity contribution >= 4 is 22.9 Å². The van der Waals surface area contributed by atoms with Crippen molar-refractivity contribution in [2.45, 2.75) is 77.1 Å². The molecule has 238 valence electrons. The van der Waals surface area contributed by atoms with Crippen molar-refractivity contribution in [3.8, 4) is 28.4 Å².